The van der Waals surface area contributed by atoms with E-state index in [1.165, 1.54) is 0 Å². The predicted molar refractivity (Wildman–Crippen MR) is 74.4 cm³/mol. The Morgan fingerprint density at radius 2 is 2.25 bits per heavy atom. The van der Waals surface area contributed by atoms with Crippen LogP contribution in [0.3, 0.4) is 0 Å². The molecule has 6 nitrogen and oxygen atoms in total. The number of ether oxygens (including phenoxy) is 1. The maximum absolute atomic E-state index is 12.0. The molecule has 6 heteroatoms. The van der Waals surface area contributed by atoms with E-state index >= 15 is 0 Å². The highest BCUT2D eigenvalue weighted by Gasteiger charge is 2.09. The molecule has 0 spiro atoms. The van der Waals surface area contributed by atoms with Crippen LogP contribution >= 0.6 is 0 Å². The number of nitrogens with one attached hydrogen (secondary N) is 1. The van der Waals surface area contributed by atoms with Gasteiger partial charge in [0.15, 0.2) is 0 Å². The molecule has 106 valence electrons. The highest BCUT2D eigenvalue weighted by atomic mass is 16.5. The lowest BCUT2D eigenvalue weighted by atomic mass is 10.1. The third kappa shape index (κ3) is 3.28. The monoisotopic (exact) mass is 275 g/mol. The van der Waals surface area contributed by atoms with Gasteiger partial charge in [0.05, 0.1) is 18.8 Å². The highest BCUT2D eigenvalue weighted by Crippen LogP contribution is 2.22. The molecule has 0 fully saturated rings. The number of aryl methyl sites for hydroxylation is 1. The molecule has 20 heavy (non-hydrogen) atoms. The topological polar surface area (TPSA) is 90.4 Å². The molecule has 1 heterocycles. The number of nitrogens with zero attached hydrogens (tertiary/aromatic N) is 1. The lowest BCUT2D eigenvalue weighted by Gasteiger charge is -2.08. The van der Waals surface area contributed by atoms with Crippen molar-refractivity contribution >= 4 is 11.6 Å². The Balaban J connectivity index is 2.00. The zero-order valence-electron chi connectivity index (χ0n) is 11.5. The van der Waals surface area contributed by atoms with E-state index in [9.17, 15) is 4.79 Å². The average molecular weight is 275 g/mol. The van der Waals surface area contributed by atoms with Crippen LogP contribution in [0.1, 0.15) is 28.7 Å². The molecular weight excluding hydrogens is 258 g/mol. The predicted octanol–water partition coefficient (Wildman–Crippen LogP) is 1.89. The number of carbonyl (C=O) groups excluding carboxylic acids is 1. The molecule has 0 aliphatic rings. The fourth-order valence-corrected chi connectivity index (χ4v) is 1.75. The second-order valence-corrected chi connectivity index (χ2v) is 4.30. The molecule has 0 aliphatic heterocycles. The molecule has 0 saturated heterocycles. The van der Waals surface area contributed by atoms with Crippen LogP contribution in [0.25, 0.3) is 0 Å². The van der Waals surface area contributed by atoms with E-state index in [0.29, 0.717) is 41.6 Å². The Labute approximate surface area is 116 Å². The molecule has 3 N–H and O–H groups in total. The number of benzene rings is 1. The Kier molecular flexibility index (Phi) is 4.24. The van der Waals surface area contributed by atoms with Crippen LogP contribution in [-0.2, 0) is 6.54 Å². The van der Waals surface area contributed by atoms with E-state index in [2.05, 4.69) is 10.5 Å². The van der Waals surface area contributed by atoms with Crippen molar-refractivity contribution in [2.45, 2.75) is 20.4 Å². The molecule has 0 bridgehead atoms. The fraction of sp³-hybridized carbons (Fsp3) is 0.286. The maximum Gasteiger partial charge on any atom is 0.251 e. The average Bonchev–Trinajstić information content (AvgIpc) is 2.84. The van der Waals surface area contributed by atoms with Crippen molar-refractivity contribution in [3.05, 3.63) is 41.3 Å². The molecule has 1 amide bonds. The molecular formula is C14H17N3O3. The zero-order chi connectivity index (χ0) is 14.5. The van der Waals surface area contributed by atoms with Gasteiger partial charge >= 0.3 is 0 Å². The number of aromatic nitrogens is 1. The number of anilines is 1. The summed E-state index contributed by atoms with van der Waals surface area (Å²) in [7, 11) is 0. The summed E-state index contributed by atoms with van der Waals surface area (Å²) in [6.07, 6.45) is 0. The van der Waals surface area contributed by atoms with E-state index in [-0.39, 0.29) is 5.91 Å². The van der Waals surface area contributed by atoms with Crippen LogP contribution < -0.4 is 15.8 Å². The van der Waals surface area contributed by atoms with Gasteiger partial charge in [-0.25, -0.2) is 0 Å². The van der Waals surface area contributed by atoms with Gasteiger partial charge in [-0.1, -0.05) is 5.16 Å². The number of nitrogen functional groups attached to an aromatic ring is 1. The van der Waals surface area contributed by atoms with Gasteiger partial charge in [-0.15, -0.1) is 0 Å². The van der Waals surface area contributed by atoms with Crippen molar-refractivity contribution in [2.75, 3.05) is 12.3 Å². The van der Waals surface area contributed by atoms with Crippen molar-refractivity contribution in [3.8, 4) is 5.75 Å². The van der Waals surface area contributed by atoms with E-state index in [0.717, 1.165) is 0 Å². The van der Waals surface area contributed by atoms with E-state index in [1.807, 2.05) is 6.92 Å². The van der Waals surface area contributed by atoms with Crippen LogP contribution in [-0.4, -0.2) is 17.7 Å². The van der Waals surface area contributed by atoms with E-state index < -0.39 is 0 Å². The fourth-order valence-electron chi connectivity index (χ4n) is 1.75. The Morgan fingerprint density at radius 1 is 1.45 bits per heavy atom. The SMILES string of the molecule is CCOc1ccc(C(=O)NCc2cc(C)on2)cc1N. The van der Waals surface area contributed by atoms with Crippen LogP contribution in [0.4, 0.5) is 5.69 Å². The molecule has 0 aliphatic carbocycles. The number of hydrogen-bond acceptors (Lipinski definition) is 5. The van der Waals surface area contributed by atoms with Gasteiger partial charge in [0.2, 0.25) is 0 Å². The third-order valence-electron chi connectivity index (χ3n) is 2.68. The smallest absolute Gasteiger partial charge is 0.251 e. The van der Waals surface area contributed by atoms with E-state index in [4.69, 9.17) is 15.0 Å². The Morgan fingerprint density at radius 3 is 2.85 bits per heavy atom. The van der Waals surface area contributed by atoms with Crippen molar-refractivity contribution in [2.24, 2.45) is 0 Å². The van der Waals surface area contributed by atoms with Crippen LogP contribution in [0.2, 0.25) is 0 Å². The number of carbonyl (C=O) groups is 1. The number of rotatable bonds is 5. The number of amides is 1. The Hall–Kier alpha value is -2.50. The molecule has 1 aromatic heterocycles. The van der Waals surface area contributed by atoms with Crippen LogP contribution in [0.15, 0.2) is 28.8 Å². The van der Waals surface area contributed by atoms with E-state index in [1.54, 1.807) is 31.2 Å². The number of hydrogen-bond donors (Lipinski definition) is 2. The zero-order valence-corrected chi connectivity index (χ0v) is 11.5. The molecule has 0 atom stereocenters. The van der Waals surface area contributed by atoms with Gasteiger partial charge in [0.25, 0.3) is 5.91 Å². The maximum atomic E-state index is 12.0. The van der Waals surface area contributed by atoms with Crippen LogP contribution in [0.5, 0.6) is 5.75 Å². The molecule has 0 unspecified atom stereocenters. The molecule has 2 aromatic rings. The standard InChI is InChI=1S/C14H17N3O3/c1-3-19-13-5-4-10(7-12(13)15)14(18)16-8-11-6-9(2)20-17-11/h4-7H,3,8,15H2,1-2H3,(H,16,18). The highest BCUT2D eigenvalue weighted by molar-refractivity contribution is 5.95. The normalized spacial score (nSPS) is 10.3. The summed E-state index contributed by atoms with van der Waals surface area (Å²) in [4.78, 5) is 12.0. The second-order valence-electron chi connectivity index (χ2n) is 4.30. The van der Waals surface area contributed by atoms with Crippen molar-refractivity contribution in [3.63, 3.8) is 0 Å². The first-order valence-corrected chi connectivity index (χ1v) is 6.33. The van der Waals surface area contributed by atoms with Crippen molar-refractivity contribution in [1.29, 1.82) is 0 Å². The molecule has 1 aromatic carbocycles. The molecule has 0 radical (unpaired) electrons. The van der Waals surface area contributed by atoms with Gasteiger partial charge in [0, 0.05) is 11.6 Å². The van der Waals surface area contributed by atoms with Crippen molar-refractivity contribution in [1.82, 2.24) is 10.5 Å². The molecule has 2 rings (SSSR count). The summed E-state index contributed by atoms with van der Waals surface area (Å²) in [5.41, 5.74) is 7.42. The molecule has 0 saturated carbocycles. The quantitative estimate of drug-likeness (QED) is 0.813. The summed E-state index contributed by atoms with van der Waals surface area (Å²) < 4.78 is 10.3. The van der Waals surface area contributed by atoms with Gasteiger partial charge in [-0.2, -0.15) is 0 Å². The van der Waals surface area contributed by atoms with Crippen molar-refractivity contribution < 1.29 is 14.1 Å². The largest absolute Gasteiger partial charge is 0.492 e. The van der Waals surface area contributed by atoms with Gasteiger partial charge in [-0.3, -0.25) is 4.79 Å². The Bertz CT molecular complexity index is 607. The minimum atomic E-state index is -0.222. The minimum absolute atomic E-state index is 0.222. The lowest BCUT2D eigenvalue weighted by molar-refractivity contribution is 0.0950. The summed E-state index contributed by atoms with van der Waals surface area (Å²) in [6, 6.07) is 6.72. The second kappa shape index (κ2) is 6.10. The summed E-state index contributed by atoms with van der Waals surface area (Å²) in [5.74, 6) is 1.07. The number of nitrogens with two attached hydrogens (primary N) is 1. The third-order valence-corrected chi connectivity index (χ3v) is 2.68. The first-order valence-electron chi connectivity index (χ1n) is 6.33. The summed E-state index contributed by atoms with van der Waals surface area (Å²) in [5, 5.41) is 6.55. The van der Waals surface area contributed by atoms with Gasteiger partial charge < -0.3 is 20.3 Å². The minimum Gasteiger partial charge on any atom is -0.492 e. The van der Waals surface area contributed by atoms with Gasteiger partial charge in [-0.05, 0) is 32.0 Å². The first-order chi connectivity index (χ1) is 9.60. The van der Waals surface area contributed by atoms with Crippen LogP contribution in [0, 0.1) is 6.92 Å². The summed E-state index contributed by atoms with van der Waals surface area (Å²) >= 11 is 0. The lowest BCUT2D eigenvalue weighted by Crippen LogP contribution is -2.23. The summed E-state index contributed by atoms with van der Waals surface area (Å²) in [6.45, 7) is 4.51. The van der Waals surface area contributed by atoms with Gasteiger partial charge in [0.1, 0.15) is 17.2 Å². The first kappa shape index (κ1) is 13.9.